The van der Waals surface area contributed by atoms with Gasteiger partial charge in [-0.25, -0.2) is 9.89 Å². The number of nitrogens with one attached hydrogen (secondary N) is 1. The second kappa shape index (κ2) is 7.44. The number of nitrogens with zero attached hydrogens (tertiary/aromatic N) is 4. The SMILES string of the molecule is CC1=N/C(=C/c2ccccc2)C(=O)N1c1n[nH]c(C)c1C=Nc1ccccc1. The molecule has 1 amide bonds. The van der Waals surface area contributed by atoms with Crippen LogP contribution in [-0.2, 0) is 4.79 Å². The quantitative estimate of drug-likeness (QED) is 0.551. The number of anilines is 1. The van der Waals surface area contributed by atoms with E-state index in [9.17, 15) is 4.79 Å². The number of H-pyrrole nitrogens is 1. The first-order chi connectivity index (χ1) is 13.6. The van der Waals surface area contributed by atoms with Gasteiger partial charge in [-0.1, -0.05) is 48.5 Å². The second-order valence-electron chi connectivity index (χ2n) is 6.42. The van der Waals surface area contributed by atoms with E-state index in [1.165, 1.54) is 4.90 Å². The van der Waals surface area contributed by atoms with E-state index in [0.717, 1.165) is 22.5 Å². The van der Waals surface area contributed by atoms with Crippen LogP contribution in [0.4, 0.5) is 11.5 Å². The molecule has 0 saturated carbocycles. The molecule has 1 N–H and O–H groups in total. The van der Waals surface area contributed by atoms with Crippen molar-refractivity contribution >= 4 is 35.5 Å². The first kappa shape index (κ1) is 17.6. The molecule has 1 aliphatic rings. The van der Waals surface area contributed by atoms with Crippen molar-refractivity contribution in [1.29, 1.82) is 0 Å². The van der Waals surface area contributed by atoms with Gasteiger partial charge in [0, 0.05) is 11.9 Å². The summed E-state index contributed by atoms with van der Waals surface area (Å²) < 4.78 is 0. The molecule has 0 spiro atoms. The largest absolute Gasteiger partial charge is 0.283 e. The fourth-order valence-corrected chi connectivity index (χ4v) is 2.99. The molecule has 28 heavy (non-hydrogen) atoms. The molecule has 6 heteroatoms. The Morgan fingerprint density at radius 3 is 2.39 bits per heavy atom. The van der Waals surface area contributed by atoms with Crippen LogP contribution in [-0.4, -0.2) is 28.2 Å². The summed E-state index contributed by atoms with van der Waals surface area (Å²) in [5, 5.41) is 7.28. The Balaban J connectivity index is 1.67. The van der Waals surface area contributed by atoms with E-state index in [0.29, 0.717) is 17.4 Å². The zero-order valence-electron chi connectivity index (χ0n) is 15.6. The molecule has 1 aliphatic heterocycles. The number of rotatable bonds is 4. The van der Waals surface area contributed by atoms with Crippen LogP contribution in [0.5, 0.6) is 0 Å². The number of amides is 1. The number of para-hydroxylation sites is 1. The van der Waals surface area contributed by atoms with Crippen molar-refractivity contribution in [2.45, 2.75) is 13.8 Å². The molecule has 0 fully saturated rings. The van der Waals surface area contributed by atoms with E-state index in [1.54, 1.807) is 19.2 Å². The molecule has 0 unspecified atom stereocenters. The van der Waals surface area contributed by atoms with E-state index < -0.39 is 0 Å². The smallest absolute Gasteiger partial charge is 0.280 e. The van der Waals surface area contributed by atoms with Gasteiger partial charge in [0.25, 0.3) is 5.91 Å². The molecule has 0 radical (unpaired) electrons. The fourth-order valence-electron chi connectivity index (χ4n) is 2.99. The molecule has 1 aromatic heterocycles. The van der Waals surface area contributed by atoms with Gasteiger partial charge in [-0.15, -0.1) is 0 Å². The highest BCUT2D eigenvalue weighted by molar-refractivity contribution is 6.28. The van der Waals surface area contributed by atoms with E-state index >= 15 is 0 Å². The van der Waals surface area contributed by atoms with Gasteiger partial charge in [-0.05, 0) is 37.6 Å². The third-order valence-electron chi connectivity index (χ3n) is 4.42. The number of aromatic amines is 1. The van der Waals surface area contributed by atoms with Crippen LogP contribution in [0.1, 0.15) is 23.7 Å². The van der Waals surface area contributed by atoms with E-state index in [4.69, 9.17) is 0 Å². The topological polar surface area (TPSA) is 73.7 Å². The number of aliphatic imine (C=N–C) groups is 2. The minimum absolute atomic E-state index is 0.206. The minimum atomic E-state index is -0.206. The Kier molecular flexibility index (Phi) is 4.68. The lowest BCUT2D eigenvalue weighted by Gasteiger charge is -2.13. The van der Waals surface area contributed by atoms with Crippen molar-refractivity contribution in [3.63, 3.8) is 0 Å². The number of hydrogen-bond acceptors (Lipinski definition) is 4. The number of aryl methyl sites for hydroxylation is 1. The highest BCUT2D eigenvalue weighted by Gasteiger charge is 2.32. The van der Waals surface area contributed by atoms with Gasteiger partial charge >= 0.3 is 0 Å². The summed E-state index contributed by atoms with van der Waals surface area (Å²) in [4.78, 5) is 23.5. The van der Waals surface area contributed by atoms with Crippen LogP contribution in [0.2, 0.25) is 0 Å². The zero-order valence-corrected chi connectivity index (χ0v) is 15.6. The minimum Gasteiger partial charge on any atom is -0.280 e. The molecule has 0 bridgehead atoms. The van der Waals surface area contributed by atoms with Crippen molar-refractivity contribution in [3.8, 4) is 0 Å². The Hall–Kier alpha value is -3.80. The van der Waals surface area contributed by atoms with Gasteiger partial charge in [-0.2, -0.15) is 5.10 Å². The number of aromatic nitrogens is 2. The van der Waals surface area contributed by atoms with Crippen LogP contribution in [0.15, 0.2) is 76.3 Å². The maximum absolute atomic E-state index is 13.0. The van der Waals surface area contributed by atoms with E-state index in [-0.39, 0.29) is 5.91 Å². The summed E-state index contributed by atoms with van der Waals surface area (Å²) in [5.74, 6) is 0.871. The van der Waals surface area contributed by atoms with Crippen molar-refractivity contribution in [2.24, 2.45) is 9.98 Å². The molecule has 0 aliphatic carbocycles. The Bertz CT molecular complexity index is 1090. The van der Waals surface area contributed by atoms with Crippen molar-refractivity contribution in [3.05, 3.63) is 83.2 Å². The van der Waals surface area contributed by atoms with Crippen molar-refractivity contribution in [1.82, 2.24) is 10.2 Å². The van der Waals surface area contributed by atoms with Crippen LogP contribution in [0.3, 0.4) is 0 Å². The molecule has 2 aromatic carbocycles. The molecular weight excluding hydrogens is 350 g/mol. The van der Waals surface area contributed by atoms with Crippen LogP contribution in [0.25, 0.3) is 6.08 Å². The maximum Gasteiger partial charge on any atom is 0.283 e. The lowest BCUT2D eigenvalue weighted by atomic mass is 10.2. The van der Waals surface area contributed by atoms with Gasteiger partial charge in [0.15, 0.2) is 5.82 Å². The molecule has 2 heterocycles. The third-order valence-corrected chi connectivity index (χ3v) is 4.42. The van der Waals surface area contributed by atoms with Crippen molar-refractivity contribution in [2.75, 3.05) is 4.90 Å². The Morgan fingerprint density at radius 2 is 1.68 bits per heavy atom. The molecule has 0 atom stereocenters. The Labute approximate surface area is 163 Å². The lowest BCUT2D eigenvalue weighted by molar-refractivity contribution is -0.113. The molecular formula is C22H19N5O. The first-order valence-electron chi connectivity index (χ1n) is 8.94. The van der Waals surface area contributed by atoms with E-state index in [2.05, 4.69) is 20.2 Å². The second-order valence-corrected chi connectivity index (χ2v) is 6.42. The van der Waals surface area contributed by atoms with Gasteiger partial charge in [0.05, 0.1) is 11.3 Å². The first-order valence-corrected chi connectivity index (χ1v) is 8.94. The number of hydrogen-bond donors (Lipinski definition) is 1. The normalized spacial score (nSPS) is 15.6. The van der Waals surface area contributed by atoms with Gasteiger partial charge in [0.2, 0.25) is 0 Å². The fraction of sp³-hybridized carbons (Fsp3) is 0.0909. The molecule has 0 saturated heterocycles. The summed E-state index contributed by atoms with van der Waals surface area (Å²) in [7, 11) is 0. The summed E-state index contributed by atoms with van der Waals surface area (Å²) in [6, 6.07) is 19.3. The predicted molar refractivity (Wildman–Crippen MR) is 112 cm³/mol. The standard InChI is InChI=1S/C22H19N5O/c1-15-19(14-23-18-11-7-4-8-12-18)21(26-25-15)27-16(2)24-20(22(27)28)13-17-9-5-3-6-10-17/h3-14H,1-2H3,(H,25,26)/b20-13+,23-14?. The predicted octanol–water partition coefficient (Wildman–Crippen LogP) is 4.27. The zero-order chi connectivity index (χ0) is 19.5. The molecule has 3 aromatic rings. The van der Waals surface area contributed by atoms with Crippen molar-refractivity contribution < 1.29 is 4.79 Å². The summed E-state index contributed by atoms with van der Waals surface area (Å²) >= 11 is 0. The van der Waals surface area contributed by atoms with Crippen LogP contribution >= 0.6 is 0 Å². The maximum atomic E-state index is 13.0. The average Bonchev–Trinajstić information content (AvgIpc) is 3.20. The Morgan fingerprint density at radius 1 is 1.00 bits per heavy atom. The summed E-state index contributed by atoms with van der Waals surface area (Å²) in [6.07, 6.45) is 3.51. The third kappa shape index (κ3) is 3.40. The lowest BCUT2D eigenvalue weighted by Crippen LogP contribution is -2.31. The molecule has 6 nitrogen and oxygen atoms in total. The number of carbonyl (C=O) groups excluding carboxylic acids is 1. The molecule has 138 valence electrons. The number of benzene rings is 2. The number of carbonyl (C=O) groups is 1. The highest BCUT2D eigenvalue weighted by atomic mass is 16.2. The molecule has 4 rings (SSSR count). The van der Waals surface area contributed by atoms with Crippen LogP contribution in [0, 0.1) is 6.92 Å². The monoisotopic (exact) mass is 369 g/mol. The van der Waals surface area contributed by atoms with E-state index in [1.807, 2.05) is 67.6 Å². The average molecular weight is 369 g/mol. The van der Waals surface area contributed by atoms with Gasteiger partial charge in [-0.3, -0.25) is 14.9 Å². The van der Waals surface area contributed by atoms with Crippen LogP contribution < -0.4 is 4.90 Å². The summed E-state index contributed by atoms with van der Waals surface area (Å²) in [6.45, 7) is 3.70. The highest BCUT2D eigenvalue weighted by Crippen LogP contribution is 2.27. The summed E-state index contributed by atoms with van der Waals surface area (Å²) in [5.41, 5.74) is 3.73. The van der Waals surface area contributed by atoms with Gasteiger partial charge in [0.1, 0.15) is 11.5 Å². The van der Waals surface area contributed by atoms with Gasteiger partial charge < -0.3 is 0 Å². The number of amidine groups is 1.